The standard InChI is InChI=1S/C17H18N6O/c24-17(20-13-14-4-2-1-3-5-14)16-12-15(6-7-19-16)18-8-10-23-11-9-21-22-23/h1-7,9,11-12H,8,10,13H2,(H,18,19)(H,20,24). The summed E-state index contributed by atoms with van der Waals surface area (Å²) in [6, 6.07) is 13.3. The minimum Gasteiger partial charge on any atom is -0.383 e. The van der Waals surface area contributed by atoms with Crippen LogP contribution >= 0.6 is 0 Å². The Hall–Kier alpha value is -3.22. The molecule has 3 aromatic rings. The van der Waals surface area contributed by atoms with Gasteiger partial charge in [-0.15, -0.1) is 5.10 Å². The van der Waals surface area contributed by atoms with E-state index in [0.29, 0.717) is 25.3 Å². The monoisotopic (exact) mass is 322 g/mol. The van der Waals surface area contributed by atoms with Crippen molar-refractivity contribution in [3.63, 3.8) is 0 Å². The third-order valence-electron chi connectivity index (χ3n) is 3.43. The maximum atomic E-state index is 12.2. The predicted molar refractivity (Wildman–Crippen MR) is 90.4 cm³/mol. The average Bonchev–Trinajstić information content (AvgIpc) is 3.14. The van der Waals surface area contributed by atoms with E-state index >= 15 is 0 Å². The molecule has 7 heteroatoms. The number of hydrogen-bond acceptors (Lipinski definition) is 5. The Bertz CT molecular complexity index is 773. The van der Waals surface area contributed by atoms with Crippen molar-refractivity contribution < 1.29 is 4.79 Å². The SMILES string of the molecule is O=C(NCc1ccccc1)c1cc(NCCn2ccnn2)ccn1. The minimum absolute atomic E-state index is 0.196. The second-order valence-corrected chi connectivity index (χ2v) is 5.19. The molecule has 0 aliphatic carbocycles. The lowest BCUT2D eigenvalue weighted by Gasteiger charge is -2.08. The molecule has 1 aromatic carbocycles. The van der Waals surface area contributed by atoms with Crippen molar-refractivity contribution in [3.8, 4) is 0 Å². The van der Waals surface area contributed by atoms with Crippen molar-refractivity contribution >= 4 is 11.6 Å². The fraction of sp³-hybridized carbons (Fsp3) is 0.176. The number of nitrogens with one attached hydrogen (secondary N) is 2. The molecule has 0 spiro atoms. The molecule has 0 aliphatic rings. The van der Waals surface area contributed by atoms with E-state index in [1.54, 1.807) is 29.3 Å². The smallest absolute Gasteiger partial charge is 0.270 e. The van der Waals surface area contributed by atoms with Gasteiger partial charge in [0, 0.05) is 31.2 Å². The number of nitrogens with zero attached hydrogens (tertiary/aromatic N) is 4. The lowest BCUT2D eigenvalue weighted by molar-refractivity contribution is 0.0946. The highest BCUT2D eigenvalue weighted by atomic mass is 16.1. The zero-order valence-electron chi connectivity index (χ0n) is 13.1. The Morgan fingerprint density at radius 2 is 2.00 bits per heavy atom. The quantitative estimate of drug-likeness (QED) is 0.692. The molecule has 2 heterocycles. The van der Waals surface area contributed by atoms with Gasteiger partial charge in [0.15, 0.2) is 0 Å². The molecular weight excluding hydrogens is 304 g/mol. The number of pyridine rings is 1. The van der Waals surface area contributed by atoms with Crippen molar-refractivity contribution in [1.29, 1.82) is 0 Å². The summed E-state index contributed by atoms with van der Waals surface area (Å²) in [6.45, 7) is 1.85. The summed E-state index contributed by atoms with van der Waals surface area (Å²) < 4.78 is 1.74. The highest BCUT2D eigenvalue weighted by Crippen LogP contribution is 2.08. The van der Waals surface area contributed by atoms with Gasteiger partial charge in [-0.3, -0.25) is 14.5 Å². The number of carbonyl (C=O) groups is 1. The molecule has 0 radical (unpaired) electrons. The van der Waals surface area contributed by atoms with Crippen LogP contribution in [0.4, 0.5) is 5.69 Å². The van der Waals surface area contributed by atoms with E-state index in [4.69, 9.17) is 0 Å². The third-order valence-corrected chi connectivity index (χ3v) is 3.43. The van der Waals surface area contributed by atoms with E-state index in [9.17, 15) is 4.79 Å². The number of benzene rings is 1. The molecule has 0 unspecified atom stereocenters. The minimum atomic E-state index is -0.196. The number of rotatable bonds is 7. The van der Waals surface area contributed by atoms with Gasteiger partial charge in [0.25, 0.3) is 5.91 Å². The second kappa shape index (κ2) is 7.87. The van der Waals surface area contributed by atoms with Gasteiger partial charge in [0.05, 0.1) is 12.7 Å². The Morgan fingerprint density at radius 1 is 1.12 bits per heavy atom. The van der Waals surface area contributed by atoms with Crippen LogP contribution in [-0.4, -0.2) is 32.4 Å². The van der Waals surface area contributed by atoms with Gasteiger partial charge >= 0.3 is 0 Å². The molecule has 3 rings (SSSR count). The zero-order valence-corrected chi connectivity index (χ0v) is 13.1. The van der Waals surface area contributed by atoms with Crippen LogP contribution in [0.2, 0.25) is 0 Å². The molecular formula is C17H18N6O. The Morgan fingerprint density at radius 3 is 2.79 bits per heavy atom. The molecule has 7 nitrogen and oxygen atoms in total. The van der Waals surface area contributed by atoms with Crippen LogP contribution in [-0.2, 0) is 13.1 Å². The fourth-order valence-electron chi connectivity index (χ4n) is 2.20. The molecule has 2 N–H and O–H groups in total. The van der Waals surface area contributed by atoms with Gasteiger partial charge in [-0.05, 0) is 17.7 Å². The van der Waals surface area contributed by atoms with Crippen molar-refractivity contribution in [2.75, 3.05) is 11.9 Å². The molecule has 122 valence electrons. The highest BCUT2D eigenvalue weighted by molar-refractivity contribution is 5.93. The molecule has 1 amide bonds. The van der Waals surface area contributed by atoms with Crippen LogP contribution in [0, 0.1) is 0 Å². The summed E-state index contributed by atoms with van der Waals surface area (Å²) >= 11 is 0. The molecule has 2 aromatic heterocycles. The first-order chi connectivity index (χ1) is 11.8. The number of amides is 1. The van der Waals surface area contributed by atoms with E-state index in [0.717, 1.165) is 11.3 Å². The van der Waals surface area contributed by atoms with Gasteiger partial charge in [0.2, 0.25) is 0 Å². The van der Waals surface area contributed by atoms with Crippen molar-refractivity contribution in [1.82, 2.24) is 25.3 Å². The first kappa shape index (κ1) is 15.7. The number of hydrogen-bond donors (Lipinski definition) is 2. The largest absolute Gasteiger partial charge is 0.383 e. The van der Waals surface area contributed by atoms with Crippen LogP contribution in [0.5, 0.6) is 0 Å². The average molecular weight is 322 g/mol. The first-order valence-electron chi connectivity index (χ1n) is 7.67. The summed E-state index contributed by atoms with van der Waals surface area (Å²) in [4.78, 5) is 16.3. The molecule has 0 saturated heterocycles. The predicted octanol–water partition coefficient (Wildman–Crippen LogP) is 1.72. The van der Waals surface area contributed by atoms with Gasteiger partial charge in [-0.2, -0.15) is 0 Å². The molecule has 0 bridgehead atoms. The topological polar surface area (TPSA) is 84.7 Å². The number of aromatic nitrogens is 4. The summed E-state index contributed by atoms with van der Waals surface area (Å²) in [5, 5.41) is 13.8. The summed E-state index contributed by atoms with van der Waals surface area (Å²) in [5.74, 6) is -0.196. The Kier molecular flexibility index (Phi) is 5.14. The molecule has 24 heavy (non-hydrogen) atoms. The van der Waals surface area contributed by atoms with E-state index in [2.05, 4.69) is 25.9 Å². The van der Waals surface area contributed by atoms with E-state index < -0.39 is 0 Å². The summed E-state index contributed by atoms with van der Waals surface area (Å²) in [6.07, 6.45) is 5.06. The van der Waals surface area contributed by atoms with Crippen LogP contribution < -0.4 is 10.6 Å². The van der Waals surface area contributed by atoms with Gasteiger partial charge in [0.1, 0.15) is 5.69 Å². The van der Waals surface area contributed by atoms with Crippen molar-refractivity contribution in [2.24, 2.45) is 0 Å². The Balaban J connectivity index is 1.53. The maximum absolute atomic E-state index is 12.2. The molecule has 0 fully saturated rings. The van der Waals surface area contributed by atoms with Gasteiger partial charge in [-0.1, -0.05) is 35.5 Å². The van der Waals surface area contributed by atoms with Crippen LogP contribution in [0.3, 0.4) is 0 Å². The summed E-state index contributed by atoms with van der Waals surface area (Å²) in [5.41, 5.74) is 2.28. The van der Waals surface area contributed by atoms with Crippen molar-refractivity contribution in [3.05, 3.63) is 72.3 Å². The number of anilines is 1. The van der Waals surface area contributed by atoms with Crippen molar-refractivity contribution in [2.45, 2.75) is 13.1 Å². The third kappa shape index (κ3) is 4.39. The number of carbonyl (C=O) groups excluding carboxylic acids is 1. The molecule has 0 aliphatic heterocycles. The molecule has 0 saturated carbocycles. The van der Waals surface area contributed by atoms with E-state index in [1.165, 1.54) is 0 Å². The lowest BCUT2D eigenvalue weighted by Crippen LogP contribution is -2.24. The maximum Gasteiger partial charge on any atom is 0.270 e. The van der Waals surface area contributed by atoms with Crippen LogP contribution in [0.1, 0.15) is 16.1 Å². The molecule has 0 atom stereocenters. The fourth-order valence-corrected chi connectivity index (χ4v) is 2.20. The van der Waals surface area contributed by atoms with E-state index in [1.807, 2.05) is 36.4 Å². The van der Waals surface area contributed by atoms with Crippen LogP contribution in [0.25, 0.3) is 0 Å². The first-order valence-corrected chi connectivity index (χ1v) is 7.67. The second-order valence-electron chi connectivity index (χ2n) is 5.19. The summed E-state index contributed by atoms with van der Waals surface area (Å²) in [7, 11) is 0. The normalized spacial score (nSPS) is 10.3. The van der Waals surface area contributed by atoms with E-state index in [-0.39, 0.29) is 5.91 Å². The van der Waals surface area contributed by atoms with Crippen LogP contribution in [0.15, 0.2) is 61.1 Å². The zero-order chi connectivity index (χ0) is 16.6. The lowest BCUT2D eigenvalue weighted by atomic mass is 10.2. The van der Waals surface area contributed by atoms with Gasteiger partial charge in [-0.25, -0.2) is 0 Å². The Labute approximate surface area is 139 Å². The highest BCUT2D eigenvalue weighted by Gasteiger charge is 2.07. The van der Waals surface area contributed by atoms with Gasteiger partial charge < -0.3 is 10.6 Å².